The van der Waals surface area contributed by atoms with Crippen LogP contribution in [0.25, 0.3) is 0 Å². The van der Waals surface area contributed by atoms with Crippen molar-refractivity contribution in [2.45, 2.75) is 42.2 Å². The average molecular weight is 384 g/mol. The highest BCUT2D eigenvalue weighted by molar-refractivity contribution is 7.98. The van der Waals surface area contributed by atoms with E-state index >= 15 is 0 Å². The van der Waals surface area contributed by atoms with Crippen molar-refractivity contribution in [3.8, 4) is 0 Å². The van der Waals surface area contributed by atoms with E-state index in [2.05, 4.69) is 55.6 Å². The van der Waals surface area contributed by atoms with Crippen LogP contribution in [0.4, 0.5) is 0 Å². The van der Waals surface area contributed by atoms with Crippen LogP contribution in [0.1, 0.15) is 22.8 Å². The van der Waals surface area contributed by atoms with Crippen LogP contribution in [0.5, 0.6) is 0 Å². The minimum Gasteiger partial charge on any atom is -0.301 e. The predicted molar refractivity (Wildman–Crippen MR) is 107 cm³/mol. The van der Waals surface area contributed by atoms with Crippen molar-refractivity contribution in [3.63, 3.8) is 0 Å². The molecule has 2 heterocycles. The molecular formula is C19H21N5S2. The molecule has 0 aliphatic heterocycles. The maximum absolute atomic E-state index is 4.48. The van der Waals surface area contributed by atoms with Gasteiger partial charge in [-0.15, -0.1) is 16.8 Å². The highest BCUT2D eigenvalue weighted by atomic mass is 32.2. The van der Waals surface area contributed by atoms with E-state index in [0.717, 1.165) is 33.3 Å². The zero-order valence-corrected chi connectivity index (χ0v) is 16.6. The van der Waals surface area contributed by atoms with Gasteiger partial charge in [0.1, 0.15) is 5.82 Å². The number of rotatable bonds is 8. The fourth-order valence-electron chi connectivity index (χ4n) is 2.45. The van der Waals surface area contributed by atoms with Gasteiger partial charge in [-0.3, -0.25) is 0 Å². The van der Waals surface area contributed by atoms with Gasteiger partial charge in [0.25, 0.3) is 0 Å². The summed E-state index contributed by atoms with van der Waals surface area (Å²) >= 11 is 3.27. The van der Waals surface area contributed by atoms with Crippen LogP contribution in [0.15, 0.2) is 59.4 Å². The zero-order chi connectivity index (χ0) is 18.4. The number of allylic oxidation sites excluding steroid dienone is 1. The number of hydrogen-bond acceptors (Lipinski definition) is 6. The number of aryl methyl sites for hydroxylation is 2. The minimum absolute atomic E-state index is 0.676. The lowest BCUT2D eigenvalue weighted by Gasteiger charge is -2.08. The highest BCUT2D eigenvalue weighted by Crippen LogP contribution is 2.25. The largest absolute Gasteiger partial charge is 0.301 e. The van der Waals surface area contributed by atoms with E-state index in [1.807, 2.05) is 32.1 Å². The monoisotopic (exact) mass is 383 g/mol. The molecular weight excluding hydrogens is 362 g/mol. The molecule has 0 fully saturated rings. The Balaban J connectivity index is 1.70. The van der Waals surface area contributed by atoms with Gasteiger partial charge in [-0.2, -0.15) is 0 Å². The summed E-state index contributed by atoms with van der Waals surface area (Å²) in [5, 5.41) is 10.4. The van der Waals surface area contributed by atoms with Crippen LogP contribution in [-0.4, -0.2) is 24.7 Å². The summed E-state index contributed by atoms with van der Waals surface area (Å²) < 4.78 is 2.11. The summed E-state index contributed by atoms with van der Waals surface area (Å²) in [7, 11) is 0. The Bertz CT molecular complexity index is 857. The zero-order valence-electron chi connectivity index (χ0n) is 14.9. The Kier molecular flexibility index (Phi) is 6.46. The topological polar surface area (TPSA) is 56.5 Å². The molecule has 0 N–H and O–H groups in total. The van der Waals surface area contributed by atoms with Gasteiger partial charge in [0, 0.05) is 23.7 Å². The molecule has 7 heteroatoms. The van der Waals surface area contributed by atoms with E-state index in [1.165, 1.54) is 5.56 Å². The van der Waals surface area contributed by atoms with E-state index in [1.54, 1.807) is 23.5 Å². The second-order valence-electron chi connectivity index (χ2n) is 5.79. The van der Waals surface area contributed by atoms with Crippen molar-refractivity contribution >= 4 is 23.5 Å². The average Bonchev–Trinajstić information content (AvgIpc) is 3.00. The molecule has 3 rings (SSSR count). The second-order valence-corrected chi connectivity index (χ2v) is 7.68. The van der Waals surface area contributed by atoms with Crippen molar-refractivity contribution in [2.75, 3.05) is 0 Å². The standard InChI is InChI=1S/C19H21N5S2/c1-4-10-24-17(13-25-18-20-14(2)11-15(3)21-18)22-23-19(24)26-12-16-8-6-5-7-9-16/h4-9,11H,1,10,12-13H2,2-3H3. The molecule has 134 valence electrons. The number of nitrogens with zero attached hydrogens (tertiary/aromatic N) is 5. The number of benzene rings is 1. The first-order valence-electron chi connectivity index (χ1n) is 8.30. The maximum atomic E-state index is 4.48. The lowest BCUT2D eigenvalue weighted by atomic mass is 10.2. The fraction of sp³-hybridized carbons (Fsp3) is 0.263. The SMILES string of the molecule is C=CCn1c(CSc2nc(C)cc(C)n2)nnc1SCc1ccccc1. The molecule has 1 aromatic carbocycles. The molecule has 0 spiro atoms. The van der Waals surface area contributed by atoms with Crippen LogP contribution in [-0.2, 0) is 18.1 Å². The Labute approximate surface area is 162 Å². The Morgan fingerprint density at radius 2 is 1.73 bits per heavy atom. The number of hydrogen-bond donors (Lipinski definition) is 0. The lowest BCUT2D eigenvalue weighted by Crippen LogP contribution is -2.03. The van der Waals surface area contributed by atoms with Crippen LogP contribution in [0, 0.1) is 13.8 Å². The smallest absolute Gasteiger partial charge is 0.191 e. The normalized spacial score (nSPS) is 10.8. The highest BCUT2D eigenvalue weighted by Gasteiger charge is 2.13. The van der Waals surface area contributed by atoms with E-state index < -0.39 is 0 Å². The van der Waals surface area contributed by atoms with Gasteiger partial charge < -0.3 is 4.57 Å². The van der Waals surface area contributed by atoms with Gasteiger partial charge >= 0.3 is 0 Å². The number of aromatic nitrogens is 5. The van der Waals surface area contributed by atoms with E-state index in [0.29, 0.717) is 12.3 Å². The van der Waals surface area contributed by atoms with Crippen LogP contribution in [0.2, 0.25) is 0 Å². The molecule has 0 aliphatic rings. The third-order valence-corrected chi connectivity index (χ3v) is 5.49. The quantitative estimate of drug-likeness (QED) is 0.325. The van der Waals surface area contributed by atoms with Gasteiger partial charge in [0.15, 0.2) is 10.3 Å². The summed E-state index contributed by atoms with van der Waals surface area (Å²) in [5.74, 6) is 2.45. The Hall–Kier alpha value is -2.12. The molecule has 5 nitrogen and oxygen atoms in total. The fourth-order valence-corrected chi connectivity index (χ4v) is 4.27. The maximum Gasteiger partial charge on any atom is 0.191 e. The van der Waals surface area contributed by atoms with Gasteiger partial charge in [-0.1, -0.05) is 59.9 Å². The predicted octanol–water partition coefficient (Wildman–Crippen LogP) is 4.46. The first kappa shape index (κ1) is 18.7. The summed E-state index contributed by atoms with van der Waals surface area (Å²) in [5.41, 5.74) is 3.23. The molecule has 0 amide bonds. The summed E-state index contributed by atoms with van der Waals surface area (Å²) in [6, 6.07) is 12.3. The van der Waals surface area contributed by atoms with Gasteiger partial charge in [-0.25, -0.2) is 9.97 Å². The number of thioether (sulfide) groups is 2. The van der Waals surface area contributed by atoms with Crippen LogP contribution in [0.3, 0.4) is 0 Å². The van der Waals surface area contributed by atoms with Crippen LogP contribution < -0.4 is 0 Å². The van der Waals surface area contributed by atoms with Crippen molar-refractivity contribution < 1.29 is 0 Å². The molecule has 26 heavy (non-hydrogen) atoms. The molecule has 0 bridgehead atoms. The van der Waals surface area contributed by atoms with Crippen molar-refractivity contribution in [1.29, 1.82) is 0 Å². The van der Waals surface area contributed by atoms with Crippen molar-refractivity contribution in [3.05, 3.63) is 71.8 Å². The third-order valence-electron chi connectivity index (χ3n) is 3.61. The molecule has 0 atom stereocenters. The molecule has 0 unspecified atom stereocenters. The lowest BCUT2D eigenvalue weighted by molar-refractivity contribution is 0.700. The minimum atomic E-state index is 0.676. The molecule has 3 aromatic rings. The first-order chi connectivity index (χ1) is 12.7. The van der Waals surface area contributed by atoms with E-state index in [9.17, 15) is 0 Å². The van der Waals surface area contributed by atoms with Crippen molar-refractivity contribution in [1.82, 2.24) is 24.7 Å². The van der Waals surface area contributed by atoms with E-state index in [4.69, 9.17) is 0 Å². The second kappa shape index (κ2) is 9.00. The van der Waals surface area contributed by atoms with E-state index in [-0.39, 0.29) is 0 Å². The summed E-state index contributed by atoms with van der Waals surface area (Å²) in [4.78, 5) is 8.95. The molecule has 0 aliphatic carbocycles. The summed E-state index contributed by atoms with van der Waals surface area (Å²) in [6.45, 7) is 8.52. The Morgan fingerprint density at radius 1 is 1.00 bits per heavy atom. The van der Waals surface area contributed by atoms with Gasteiger partial charge in [0.2, 0.25) is 0 Å². The molecule has 0 saturated carbocycles. The van der Waals surface area contributed by atoms with Gasteiger partial charge in [0.05, 0.1) is 5.75 Å². The van der Waals surface area contributed by atoms with Gasteiger partial charge in [-0.05, 0) is 25.5 Å². The molecule has 0 radical (unpaired) electrons. The van der Waals surface area contributed by atoms with Crippen LogP contribution >= 0.6 is 23.5 Å². The first-order valence-corrected chi connectivity index (χ1v) is 10.3. The Morgan fingerprint density at radius 3 is 2.42 bits per heavy atom. The van der Waals surface area contributed by atoms with Crippen molar-refractivity contribution in [2.24, 2.45) is 0 Å². The third kappa shape index (κ3) is 4.95. The molecule has 2 aromatic heterocycles. The summed E-state index contributed by atoms with van der Waals surface area (Å²) in [6.07, 6.45) is 1.87. The molecule has 0 saturated heterocycles.